The largest absolute Gasteiger partial charge is 0.494 e. The van der Waals surface area contributed by atoms with E-state index in [0.29, 0.717) is 22.6 Å². The van der Waals surface area contributed by atoms with Crippen molar-refractivity contribution in [3.8, 4) is 5.75 Å². The van der Waals surface area contributed by atoms with Crippen molar-refractivity contribution < 1.29 is 4.74 Å². The van der Waals surface area contributed by atoms with Crippen LogP contribution in [-0.2, 0) is 0 Å². The second-order valence-corrected chi connectivity index (χ2v) is 5.09. The highest BCUT2D eigenvalue weighted by Gasteiger charge is 2.03. The molecular weight excluding hydrogens is 263 g/mol. The summed E-state index contributed by atoms with van der Waals surface area (Å²) >= 11 is 15.9. The van der Waals surface area contributed by atoms with Gasteiger partial charge < -0.3 is 4.74 Å². The highest BCUT2D eigenvalue weighted by Crippen LogP contribution is 2.26. The fourth-order valence-corrected chi connectivity index (χ4v) is 2.04. The topological polar surface area (TPSA) is 9.23 Å². The average molecular weight is 279 g/mol. The molecule has 1 aromatic carbocycles. The maximum atomic E-state index is 5.88. The lowest BCUT2D eigenvalue weighted by Gasteiger charge is -2.11. The Bertz CT molecular complexity index is 331. The molecule has 0 heterocycles. The van der Waals surface area contributed by atoms with Crippen LogP contribution in [0.15, 0.2) is 18.2 Å². The highest BCUT2D eigenvalue weighted by atomic mass is 35.5. The van der Waals surface area contributed by atoms with Gasteiger partial charge in [-0.2, -0.15) is 12.6 Å². The zero-order valence-electron chi connectivity index (χ0n) is 9.25. The first-order valence-electron chi connectivity index (χ1n) is 5.32. The number of halogens is 2. The predicted molar refractivity (Wildman–Crippen MR) is 74.2 cm³/mol. The van der Waals surface area contributed by atoms with Crippen LogP contribution in [0.1, 0.15) is 19.8 Å². The van der Waals surface area contributed by atoms with Crippen LogP contribution in [0.2, 0.25) is 10.0 Å². The molecule has 1 atom stereocenters. The van der Waals surface area contributed by atoms with Crippen LogP contribution in [0.5, 0.6) is 5.75 Å². The molecule has 16 heavy (non-hydrogen) atoms. The van der Waals surface area contributed by atoms with Crippen molar-refractivity contribution in [2.24, 2.45) is 5.92 Å². The molecule has 4 heteroatoms. The Morgan fingerprint density at radius 3 is 2.62 bits per heavy atom. The summed E-state index contributed by atoms with van der Waals surface area (Å²) in [4.78, 5) is 0. The van der Waals surface area contributed by atoms with Crippen LogP contribution in [-0.4, -0.2) is 12.4 Å². The predicted octanol–water partition coefficient (Wildman–Crippen LogP) is 4.72. The summed E-state index contributed by atoms with van der Waals surface area (Å²) in [7, 11) is 0. The van der Waals surface area contributed by atoms with Crippen molar-refractivity contribution in [3.63, 3.8) is 0 Å². The van der Waals surface area contributed by atoms with Gasteiger partial charge in [0.05, 0.1) is 16.7 Å². The van der Waals surface area contributed by atoms with Gasteiger partial charge in [-0.05, 0) is 36.6 Å². The van der Waals surface area contributed by atoms with E-state index in [0.717, 1.165) is 24.3 Å². The Morgan fingerprint density at radius 1 is 1.25 bits per heavy atom. The van der Waals surface area contributed by atoms with Crippen molar-refractivity contribution in [1.82, 2.24) is 0 Å². The van der Waals surface area contributed by atoms with E-state index < -0.39 is 0 Å². The van der Waals surface area contributed by atoms with Gasteiger partial charge in [0, 0.05) is 6.07 Å². The molecule has 1 aromatic rings. The van der Waals surface area contributed by atoms with Crippen LogP contribution in [0.3, 0.4) is 0 Å². The normalized spacial score (nSPS) is 12.5. The van der Waals surface area contributed by atoms with Gasteiger partial charge in [0.15, 0.2) is 0 Å². The molecule has 90 valence electrons. The molecule has 1 rings (SSSR count). The highest BCUT2D eigenvalue weighted by molar-refractivity contribution is 7.80. The summed E-state index contributed by atoms with van der Waals surface area (Å²) in [6.45, 7) is 2.90. The summed E-state index contributed by atoms with van der Waals surface area (Å²) in [6.07, 6.45) is 2.15. The molecule has 0 bridgehead atoms. The van der Waals surface area contributed by atoms with Crippen LogP contribution < -0.4 is 4.74 Å². The first kappa shape index (κ1) is 14.0. The van der Waals surface area contributed by atoms with Crippen molar-refractivity contribution in [3.05, 3.63) is 28.2 Å². The Kier molecular flexibility index (Phi) is 6.40. The second-order valence-electron chi connectivity index (χ2n) is 3.83. The molecule has 0 amide bonds. The third-order valence-electron chi connectivity index (χ3n) is 2.39. The monoisotopic (exact) mass is 278 g/mol. The molecule has 0 radical (unpaired) electrons. The fraction of sp³-hybridized carbons (Fsp3) is 0.500. The van der Waals surface area contributed by atoms with Gasteiger partial charge >= 0.3 is 0 Å². The third kappa shape index (κ3) is 4.86. The van der Waals surface area contributed by atoms with E-state index in [1.165, 1.54) is 0 Å². The Labute approximate surface area is 112 Å². The molecule has 1 unspecified atom stereocenters. The molecule has 0 spiro atoms. The van der Waals surface area contributed by atoms with Gasteiger partial charge in [-0.25, -0.2) is 0 Å². The summed E-state index contributed by atoms with van der Waals surface area (Å²) in [5.41, 5.74) is 0. The molecule has 0 aliphatic rings. The molecule has 0 fully saturated rings. The molecule has 0 aliphatic heterocycles. The number of ether oxygens (including phenoxy) is 1. The SMILES string of the molecule is CC(CCS)CCOc1ccc(Cl)c(Cl)c1. The summed E-state index contributed by atoms with van der Waals surface area (Å²) in [5.74, 6) is 2.33. The van der Waals surface area contributed by atoms with Gasteiger partial charge in [0.2, 0.25) is 0 Å². The van der Waals surface area contributed by atoms with E-state index in [1.54, 1.807) is 12.1 Å². The van der Waals surface area contributed by atoms with E-state index in [2.05, 4.69) is 19.6 Å². The van der Waals surface area contributed by atoms with Crippen LogP contribution in [0, 0.1) is 5.92 Å². The number of benzene rings is 1. The van der Waals surface area contributed by atoms with E-state index >= 15 is 0 Å². The number of hydrogen-bond acceptors (Lipinski definition) is 2. The van der Waals surface area contributed by atoms with Gasteiger partial charge in [-0.3, -0.25) is 0 Å². The van der Waals surface area contributed by atoms with Gasteiger partial charge in [-0.1, -0.05) is 30.1 Å². The molecular formula is C12H16Cl2OS. The van der Waals surface area contributed by atoms with Gasteiger partial charge in [0.1, 0.15) is 5.75 Å². The van der Waals surface area contributed by atoms with E-state index in [-0.39, 0.29) is 0 Å². The minimum Gasteiger partial charge on any atom is -0.494 e. The van der Waals surface area contributed by atoms with Crippen LogP contribution in [0.25, 0.3) is 0 Å². The molecule has 0 saturated carbocycles. The van der Waals surface area contributed by atoms with E-state index in [4.69, 9.17) is 27.9 Å². The van der Waals surface area contributed by atoms with Crippen molar-refractivity contribution >= 4 is 35.8 Å². The second kappa shape index (κ2) is 7.31. The lowest BCUT2D eigenvalue weighted by atomic mass is 10.1. The quantitative estimate of drug-likeness (QED) is 0.741. The fourth-order valence-electron chi connectivity index (χ4n) is 1.31. The Hall–Kier alpha value is -0.0500. The smallest absolute Gasteiger partial charge is 0.120 e. The van der Waals surface area contributed by atoms with Gasteiger partial charge in [0.25, 0.3) is 0 Å². The number of rotatable bonds is 6. The maximum absolute atomic E-state index is 5.88. The number of thiol groups is 1. The summed E-state index contributed by atoms with van der Waals surface area (Å²) < 4.78 is 5.59. The van der Waals surface area contributed by atoms with Crippen molar-refractivity contribution in [1.29, 1.82) is 0 Å². The van der Waals surface area contributed by atoms with Gasteiger partial charge in [-0.15, -0.1) is 0 Å². The molecule has 0 N–H and O–H groups in total. The van der Waals surface area contributed by atoms with Crippen LogP contribution >= 0.6 is 35.8 Å². The third-order valence-corrected chi connectivity index (χ3v) is 3.39. The first-order chi connectivity index (χ1) is 7.63. The minimum atomic E-state index is 0.530. The van der Waals surface area contributed by atoms with E-state index in [9.17, 15) is 0 Å². The zero-order chi connectivity index (χ0) is 12.0. The molecule has 1 nitrogen and oxygen atoms in total. The Balaban J connectivity index is 2.34. The van der Waals surface area contributed by atoms with Crippen molar-refractivity contribution in [2.75, 3.05) is 12.4 Å². The summed E-state index contributed by atoms with van der Waals surface area (Å²) in [6, 6.07) is 5.32. The molecule has 0 saturated heterocycles. The Morgan fingerprint density at radius 2 is 2.00 bits per heavy atom. The summed E-state index contributed by atoms with van der Waals surface area (Å²) in [5, 5.41) is 1.08. The molecule has 0 aromatic heterocycles. The zero-order valence-corrected chi connectivity index (χ0v) is 11.7. The molecule has 0 aliphatic carbocycles. The minimum absolute atomic E-state index is 0.530. The average Bonchev–Trinajstić information content (AvgIpc) is 2.24. The van der Waals surface area contributed by atoms with Crippen molar-refractivity contribution in [2.45, 2.75) is 19.8 Å². The number of hydrogen-bond donors (Lipinski definition) is 1. The maximum Gasteiger partial charge on any atom is 0.120 e. The standard InChI is InChI=1S/C12H16Cl2OS/c1-9(5-7-16)4-6-15-10-2-3-11(13)12(14)8-10/h2-3,8-9,16H,4-7H2,1H3. The lowest BCUT2D eigenvalue weighted by Crippen LogP contribution is -2.04. The first-order valence-corrected chi connectivity index (χ1v) is 6.71. The van der Waals surface area contributed by atoms with E-state index in [1.807, 2.05) is 6.07 Å². The lowest BCUT2D eigenvalue weighted by molar-refractivity contribution is 0.282. The van der Waals surface area contributed by atoms with Crippen LogP contribution in [0.4, 0.5) is 0 Å².